The normalized spacial score (nSPS) is 11.8. The second-order valence-electron chi connectivity index (χ2n) is 3.21. The Kier molecular flexibility index (Phi) is 4.45. The van der Waals surface area contributed by atoms with Gasteiger partial charge >= 0.3 is 0 Å². The Morgan fingerprint density at radius 1 is 1.12 bits per heavy atom. The van der Waals surface area contributed by atoms with Gasteiger partial charge in [-0.2, -0.15) is 0 Å². The Bertz CT molecular complexity index is 422. The minimum atomic E-state index is -0.982. The molecule has 0 saturated carbocycles. The van der Waals surface area contributed by atoms with Gasteiger partial charge in [-0.25, -0.2) is 0 Å². The number of hydrogen-bond donors (Lipinski definition) is 1. The molecule has 1 atom stereocenters. The number of methoxy groups -OCH3 is 3. The maximum atomic E-state index is 11.1. The molecule has 0 aromatic heterocycles. The zero-order valence-corrected chi connectivity index (χ0v) is 10.6. The van der Waals surface area contributed by atoms with Crippen LogP contribution in [0.1, 0.15) is 10.9 Å². The van der Waals surface area contributed by atoms with E-state index in [1.165, 1.54) is 21.3 Å². The average Bonchev–Trinajstić information content (AvgIpc) is 2.35. The number of halogens is 1. The Labute approximate surface area is 104 Å². The van der Waals surface area contributed by atoms with E-state index in [4.69, 9.17) is 31.5 Å². The molecular weight excluding hydrogens is 246 g/mol. The summed E-state index contributed by atoms with van der Waals surface area (Å²) in [5.74, 6) is 0.704. The molecule has 0 bridgehead atoms. The predicted molar refractivity (Wildman–Crippen MR) is 63.9 cm³/mol. The van der Waals surface area contributed by atoms with E-state index in [1.54, 1.807) is 12.1 Å². The summed E-state index contributed by atoms with van der Waals surface area (Å²) in [4.78, 5) is 11.1. The molecule has 1 unspecified atom stereocenters. The summed E-state index contributed by atoms with van der Waals surface area (Å²) in [6, 6.07) is 3.16. The van der Waals surface area contributed by atoms with Crippen LogP contribution in [0.3, 0.4) is 0 Å². The van der Waals surface area contributed by atoms with Gasteiger partial charge in [-0.1, -0.05) is 0 Å². The smallest absolute Gasteiger partial charge is 0.240 e. The van der Waals surface area contributed by atoms with Crippen molar-refractivity contribution in [1.29, 1.82) is 0 Å². The second kappa shape index (κ2) is 5.63. The molecule has 1 rings (SSSR count). The van der Waals surface area contributed by atoms with E-state index in [0.717, 1.165) is 0 Å². The Hall–Kier alpha value is -1.62. The topological polar surface area (TPSA) is 70.8 Å². The molecule has 0 saturated heterocycles. The van der Waals surface area contributed by atoms with E-state index in [1.807, 2.05) is 0 Å². The van der Waals surface area contributed by atoms with Crippen LogP contribution in [0.2, 0.25) is 0 Å². The first-order valence-corrected chi connectivity index (χ1v) is 5.22. The third-order valence-electron chi connectivity index (χ3n) is 2.26. The van der Waals surface area contributed by atoms with Gasteiger partial charge in [0, 0.05) is 11.6 Å². The highest BCUT2D eigenvalue weighted by Crippen LogP contribution is 2.39. The Morgan fingerprint density at radius 2 is 1.59 bits per heavy atom. The van der Waals surface area contributed by atoms with Gasteiger partial charge in [0.15, 0.2) is 11.5 Å². The van der Waals surface area contributed by atoms with E-state index in [9.17, 15) is 4.79 Å². The lowest BCUT2D eigenvalue weighted by Crippen LogP contribution is -2.17. The summed E-state index contributed by atoms with van der Waals surface area (Å²) in [7, 11) is 4.46. The fourth-order valence-corrected chi connectivity index (χ4v) is 1.57. The molecule has 1 amide bonds. The first-order valence-electron chi connectivity index (χ1n) is 4.78. The van der Waals surface area contributed by atoms with Crippen LogP contribution < -0.4 is 19.9 Å². The average molecular weight is 260 g/mol. The lowest BCUT2D eigenvalue weighted by atomic mass is 10.1. The van der Waals surface area contributed by atoms with Crippen molar-refractivity contribution in [3.8, 4) is 17.2 Å². The molecule has 6 heteroatoms. The number of carbonyl (C=O) groups excluding carboxylic acids is 1. The molecule has 0 aliphatic carbocycles. The van der Waals surface area contributed by atoms with E-state index >= 15 is 0 Å². The molecule has 0 spiro atoms. The van der Waals surface area contributed by atoms with Gasteiger partial charge in [-0.3, -0.25) is 4.79 Å². The molecule has 94 valence electrons. The first kappa shape index (κ1) is 13.4. The minimum absolute atomic E-state index is 0.418. The van der Waals surface area contributed by atoms with Crippen molar-refractivity contribution in [2.75, 3.05) is 21.3 Å². The summed E-state index contributed by atoms with van der Waals surface area (Å²) >= 11 is 5.90. The van der Waals surface area contributed by atoms with E-state index in [0.29, 0.717) is 22.8 Å². The number of alkyl halides is 1. The lowest BCUT2D eigenvalue weighted by molar-refractivity contribution is -0.117. The highest BCUT2D eigenvalue weighted by molar-refractivity contribution is 6.30. The number of primary amides is 1. The standard InChI is InChI=1S/C11H14ClNO4/c1-15-7-5-9(17-3)8(16-2)4-6(7)10(12)11(13)14/h4-5,10H,1-3H3,(H2,13,14). The first-order chi connectivity index (χ1) is 8.04. The van der Waals surface area contributed by atoms with Gasteiger partial charge in [0.2, 0.25) is 5.91 Å². The summed E-state index contributed by atoms with van der Waals surface area (Å²) in [5.41, 5.74) is 5.60. The van der Waals surface area contributed by atoms with E-state index in [-0.39, 0.29) is 0 Å². The van der Waals surface area contributed by atoms with Gasteiger partial charge in [-0.15, -0.1) is 11.6 Å². The molecular formula is C11H14ClNO4. The molecule has 17 heavy (non-hydrogen) atoms. The number of ether oxygens (including phenoxy) is 3. The molecule has 0 heterocycles. The maximum Gasteiger partial charge on any atom is 0.240 e. The maximum absolute atomic E-state index is 11.1. The summed E-state index contributed by atoms with van der Waals surface area (Å²) in [6.07, 6.45) is 0. The fourth-order valence-electron chi connectivity index (χ4n) is 1.40. The van der Waals surface area contributed by atoms with E-state index < -0.39 is 11.3 Å². The van der Waals surface area contributed by atoms with Crippen molar-refractivity contribution >= 4 is 17.5 Å². The monoisotopic (exact) mass is 259 g/mol. The quantitative estimate of drug-likeness (QED) is 0.813. The third kappa shape index (κ3) is 2.74. The van der Waals surface area contributed by atoms with Gasteiger partial charge in [-0.05, 0) is 6.07 Å². The van der Waals surface area contributed by atoms with E-state index in [2.05, 4.69) is 0 Å². The molecule has 0 radical (unpaired) electrons. The number of amides is 1. The molecule has 1 aromatic carbocycles. The van der Waals surface area contributed by atoms with Crippen molar-refractivity contribution in [3.05, 3.63) is 17.7 Å². The third-order valence-corrected chi connectivity index (χ3v) is 2.71. The molecule has 0 fully saturated rings. The fraction of sp³-hybridized carbons (Fsp3) is 0.364. The van der Waals surface area contributed by atoms with Crippen molar-refractivity contribution < 1.29 is 19.0 Å². The number of carbonyl (C=O) groups is 1. The molecule has 5 nitrogen and oxygen atoms in total. The largest absolute Gasteiger partial charge is 0.496 e. The zero-order valence-electron chi connectivity index (χ0n) is 9.82. The zero-order chi connectivity index (χ0) is 13.0. The number of nitrogens with two attached hydrogens (primary N) is 1. The highest BCUT2D eigenvalue weighted by atomic mass is 35.5. The summed E-state index contributed by atoms with van der Waals surface area (Å²) in [6.45, 7) is 0. The van der Waals surface area contributed by atoms with Crippen molar-refractivity contribution in [2.45, 2.75) is 5.38 Å². The van der Waals surface area contributed by atoms with Gasteiger partial charge in [0.1, 0.15) is 11.1 Å². The number of benzene rings is 1. The van der Waals surface area contributed by atoms with Crippen LogP contribution in [0, 0.1) is 0 Å². The lowest BCUT2D eigenvalue weighted by Gasteiger charge is -2.15. The van der Waals surface area contributed by atoms with Crippen molar-refractivity contribution in [3.63, 3.8) is 0 Å². The summed E-state index contributed by atoms with van der Waals surface area (Å²) < 4.78 is 15.4. The highest BCUT2D eigenvalue weighted by Gasteiger charge is 2.22. The van der Waals surface area contributed by atoms with Gasteiger partial charge in [0.25, 0.3) is 0 Å². The number of rotatable bonds is 5. The molecule has 1 aromatic rings. The van der Waals surface area contributed by atoms with Crippen LogP contribution in [0.4, 0.5) is 0 Å². The van der Waals surface area contributed by atoms with Gasteiger partial charge < -0.3 is 19.9 Å². The van der Waals surface area contributed by atoms with Crippen LogP contribution >= 0.6 is 11.6 Å². The summed E-state index contributed by atoms with van der Waals surface area (Å²) in [5, 5.41) is -0.982. The Morgan fingerprint density at radius 3 is 2.00 bits per heavy atom. The molecule has 0 aliphatic rings. The van der Waals surface area contributed by atoms with Crippen LogP contribution in [0.5, 0.6) is 17.2 Å². The number of hydrogen-bond acceptors (Lipinski definition) is 4. The molecule has 0 aliphatic heterocycles. The van der Waals surface area contributed by atoms with Crippen LogP contribution in [-0.4, -0.2) is 27.2 Å². The van der Waals surface area contributed by atoms with Crippen molar-refractivity contribution in [1.82, 2.24) is 0 Å². The predicted octanol–water partition coefficient (Wildman–Crippen LogP) is 1.48. The van der Waals surface area contributed by atoms with Gasteiger partial charge in [0.05, 0.1) is 21.3 Å². The van der Waals surface area contributed by atoms with Crippen molar-refractivity contribution in [2.24, 2.45) is 5.73 Å². The van der Waals surface area contributed by atoms with Crippen LogP contribution in [0.15, 0.2) is 12.1 Å². The van der Waals surface area contributed by atoms with Crippen LogP contribution in [-0.2, 0) is 4.79 Å². The Balaban J connectivity index is 3.33. The van der Waals surface area contributed by atoms with Crippen LogP contribution in [0.25, 0.3) is 0 Å². The second-order valence-corrected chi connectivity index (χ2v) is 3.65. The minimum Gasteiger partial charge on any atom is -0.496 e. The SMILES string of the molecule is COc1cc(OC)c(C(Cl)C(N)=O)cc1OC. The molecule has 2 N–H and O–H groups in total.